The lowest BCUT2D eigenvalue weighted by molar-refractivity contribution is -0.120. The molecule has 0 saturated heterocycles. The maximum Gasteiger partial charge on any atom is 0.229 e. The Balaban J connectivity index is 2.27. The SMILES string of the molecule is Cc1coc(CC(=O)NCCCN)n1. The number of carbonyl (C=O) groups excluding carboxylic acids is 1. The minimum Gasteiger partial charge on any atom is -0.448 e. The van der Waals surface area contributed by atoms with Crippen molar-refractivity contribution in [3.8, 4) is 0 Å². The number of hydrogen-bond acceptors (Lipinski definition) is 4. The number of oxazole rings is 1. The van der Waals surface area contributed by atoms with E-state index in [9.17, 15) is 4.79 Å². The van der Waals surface area contributed by atoms with Crippen molar-refractivity contribution in [3.05, 3.63) is 17.8 Å². The molecule has 0 aromatic carbocycles. The number of amides is 1. The third kappa shape index (κ3) is 3.57. The zero-order chi connectivity index (χ0) is 10.4. The van der Waals surface area contributed by atoms with E-state index < -0.39 is 0 Å². The number of carbonyl (C=O) groups is 1. The van der Waals surface area contributed by atoms with Crippen LogP contribution in [0.2, 0.25) is 0 Å². The minimum atomic E-state index is -0.0831. The van der Waals surface area contributed by atoms with Gasteiger partial charge in [0.1, 0.15) is 12.7 Å². The smallest absolute Gasteiger partial charge is 0.229 e. The van der Waals surface area contributed by atoms with Crippen molar-refractivity contribution >= 4 is 5.91 Å². The van der Waals surface area contributed by atoms with Crippen LogP contribution in [0.5, 0.6) is 0 Å². The molecule has 3 N–H and O–H groups in total. The fraction of sp³-hybridized carbons (Fsp3) is 0.556. The average molecular weight is 197 g/mol. The lowest BCUT2D eigenvalue weighted by Gasteiger charge is -2.00. The largest absolute Gasteiger partial charge is 0.448 e. The summed E-state index contributed by atoms with van der Waals surface area (Å²) in [5, 5.41) is 2.72. The van der Waals surface area contributed by atoms with E-state index in [1.165, 1.54) is 6.26 Å². The normalized spacial score (nSPS) is 10.1. The molecule has 1 heterocycles. The van der Waals surface area contributed by atoms with Crippen LogP contribution in [0.1, 0.15) is 18.0 Å². The van der Waals surface area contributed by atoms with Gasteiger partial charge in [-0.2, -0.15) is 0 Å². The Morgan fingerprint density at radius 2 is 2.50 bits per heavy atom. The first-order chi connectivity index (χ1) is 6.72. The maximum absolute atomic E-state index is 11.2. The highest BCUT2D eigenvalue weighted by molar-refractivity contribution is 5.77. The van der Waals surface area contributed by atoms with Crippen LogP contribution >= 0.6 is 0 Å². The van der Waals surface area contributed by atoms with E-state index in [-0.39, 0.29) is 12.3 Å². The van der Waals surface area contributed by atoms with E-state index in [4.69, 9.17) is 10.2 Å². The topological polar surface area (TPSA) is 81.2 Å². The second-order valence-electron chi connectivity index (χ2n) is 3.05. The van der Waals surface area contributed by atoms with Crippen molar-refractivity contribution in [1.29, 1.82) is 0 Å². The summed E-state index contributed by atoms with van der Waals surface area (Å²) in [6.45, 7) is 3.01. The van der Waals surface area contributed by atoms with Crippen molar-refractivity contribution in [1.82, 2.24) is 10.3 Å². The highest BCUT2D eigenvalue weighted by Gasteiger charge is 2.06. The van der Waals surface area contributed by atoms with E-state index in [1.54, 1.807) is 0 Å². The van der Waals surface area contributed by atoms with Gasteiger partial charge < -0.3 is 15.5 Å². The predicted molar refractivity (Wildman–Crippen MR) is 51.6 cm³/mol. The average Bonchev–Trinajstić information content (AvgIpc) is 2.52. The zero-order valence-corrected chi connectivity index (χ0v) is 8.25. The van der Waals surface area contributed by atoms with Gasteiger partial charge in [-0.25, -0.2) is 4.98 Å². The van der Waals surface area contributed by atoms with Gasteiger partial charge in [0, 0.05) is 6.54 Å². The third-order valence-corrected chi connectivity index (χ3v) is 1.68. The molecule has 0 unspecified atom stereocenters. The van der Waals surface area contributed by atoms with Crippen LogP contribution < -0.4 is 11.1 Å². The molecule has 0 aliphatic carbocycles. The predicted octanol–water partition coefficient (Wildman–Crippen LogP) is -0.00948. The lowest BCUT2D eigenvalue weighted by Crippen LogP contribution is -2.27. The third-order valence-electron chi connectivity index (χ3n) is 1.68. The molecule has 1 aromatic rings. The van der Waals surface area contributed by atoms with Gasteiger partial charge in [0.15, 0.2) is 0 Å². The summed E-state index contributed by atoms with van der Waals surface area (Å²) in [5.74, 6) is 0.369. The zero-order valence-electron chi connectivity index (χ0n) is 8.25. The van der Waals surface area contributed by atoms with Crippen LogP contribution in [-0.4, -0.2) is 24.0 Å². The minimum absolute atomic E-state index is 0.0831. The highest BCUT2D eigenvalue weighted by atomic mass is 16.3. The molecular formula is C9H15N3O2. The van der Waals surface area contributed by atoms with Crippen LogP contribution in [-0.2, 0) is 11.2 Å². The van der Waals surface area contributed by atoms with Crippen LogP contribution in [0.15, 0.2) is 10.7 Å². The standard InChI is InChI=1S/C9H15N3O2/c1-7-6-14-9(12-7)5-8(13)11-4-2-3-10/h6H,2-5,10H2,1H3,(H,11,13). The molecular weight excluding hydrogens is 182 g/mol. The molecule has 0 spiro atoms. The number of hydrogen-bond donors (Lipinski definition) is 2. The molecule has 14 heavy (non-hydrogen) atoms. The molecule has 0 aliphatic rings. The molecule has 5 heteroatoms. The van der Waals surface area contributed by atoms with Crippen LogP contribution in [0, 0.1) is 6.92 Å². The van der Waals surface area contributed by atoms with Gasteiger partial charge in [-0.05, 0) is 19.9 Å². The van der Waals surface area contributed by atoms with Crippen molar-refractivity contribution in [3.63, 3.8) is 0 Å². The summed E-state index contributed by atoms with van der Waals surface area (Å²) >= 11 is 0. The Labute approximate surface area is 82.7 Å². The monoisotopic (exact) mass is 197 g/mol. The molecule has 0 radical (unpaired) electrons. The Bertz CT molecular complexity index is 296. The van der Waals surface area contributed by atoms with Crippen LogP contribution in [0.4, 0.5) is 0 Å². The van der Waals surface area contributed by atoms with Crippen molar-refractivity contribution in [2.75, 3.05) is 13.1 Å². The number of nitrogens with two attached hydrogens (primary N) is 1. The Morgan fingerprint density at radius 3 is 3.07 bits per heavy atom. The summed E-state index contributed by atoms with van der Waals surface area (Å²) in [5.41, 5.74) is 6.08. The first-order valence-corrected chi connectivity index (χ1v) is 4.60. The summed E-state index contributed by atoms with van der Waals surface area (Å²) in [6, 6.07) is 0. The fourth-order valence-corrected chi connectivity index (χ4v) is 1.01. The molecule has 0 aliphatic heterocycles. The molecule has 5 nitrogen and oxygen atoms in total. The molecule has 0 bridgehead atoms. The molecule has 78 valence electrons. The second-order valence-corrected chi connectivity index (χ2v) is 3.05. The van der Waals surface area contributed by atoms with Gasteiger partial charge in [0.05, 0.1) is 5.69 Å². The molecule has 1 aromatic heterocycles. The van der Waals surface area contributed by atoms with Gasteiger partial charge in [0.25, 0.3) is 0 Å². The van der Waals surface area contributed by atoms with E-state index in [1.807, 2.05) is 6.92 Å². The molecule has 1 amide bonds. The maximum atomic E-state index is 11.2. The Kier molecular flexibility index (Phi) is 4.12. The van der Waals surface area contributed by atoms with E-state index in [0.29, 0.717) is 19.0 Å². The molecule has 1 rings (SSSR count). The number of aryl methyl sites for hydroxylation is 1. The summed E-state index contributed by atoms with van der Waals surface area (Å²) < 4.78 is 5.04. The summed E-state index contributed by atoms with van der Waals surface area (Å²) in [6.07, 6.45) is 2.51. The highest BCUT2D eigenvalue weighted by Crippen LogP contribution is 2.00. The molecule has 0 atom stereocenters. The Morgan fingerprint density at radius 1 is 1.71 bits per heavy atom. The van der Waals surface area contributed by atoms with Crippen molar-refractivity contribution in [2.24, 2.45) is 5.73 Å². The summed E-state index contributed by atoms with van der Waals surface area (Å²) in [4.78, 5) is 15.3. The number of aromatic nitrogens is 1. The van der Waals surface area contributed by atoms with Gasteiger partial charge in [-0.1, -0.05) is 0 Å². The first kappa shape index (κ1) is 10.7. The number of nitrogens with zero attached hydrogens (tertiary/aromatic N) is 1. The van der Waals surface area contributed by atoms with E-state index in [2.05, 4.69) is 10.3 Å². The van der Waals surface area contributed by atoms with Gasteiger partial charge in [-0.15, -0.1) is 0 Å². The van der Waals surface area contributed by atoms with Crippen molar-refractivity contribution < 1.29 is 9.21 Å². The van der Waals surface area contributed by atoms with Crippen LogP contribution in [0.3, 0.4) is 0 Å². The van der Waals surface area contributed by atoms with Gasteiger partial charge in [-0.3, -0.25) is 4.79 Å². The van der Waals surface area contributed by atoms with Crippen LogP contribution in [0.25, 0.3) is 0 Å². The van der Waals surface area contributed by atoms with E-state index in [0.717, 1.165) is 12.1 Å². The molecule has 0 saturated carbocycles. The van der Waals surface area contributed by atoms with Gasteiger partial charge >= 0.3 is 0 Å². The van der Waals surface area contributed by atoms with Gasteiger partial charge in [0.2, 0.25) is 11.8 Å². The quantitative estimate of drug-likeness (QED) is 0.650. The number of rotatable bonds is 5. The second kappa shape index (κ2) is 5.39. The van der Waals surface area contributed by atoms with Crippen molar-refractivity contribution in [2.45, 2.75) is 19.8 Å². The first-order valence-electron chi connectivity index (χ1n) is 4.60. The fourth-order valence-electron chi connectivity index (χ4n) is 1.01. The molecule has 0 fully saturated rings. The number of nitrogens with one attached hydrogen (secondary N) is 1. The van der Waals surface area contributed by atoms with E-state index >= 15 is 0 Å². The Hall–Kier alpha value is -1.36. The summed E-state index contributed by atoms with van der Waals surface area (Å²) in [7, 11) is 0. The lowest BCUT2D eigenvalue weighted by atomic mass is 10.3.